The molecule has 0 bridgehead atoms. The Morgan fingerprint density at radius 2 is 2.11 bits per heavy atom. The zero-order chi connectivity index (χ0) is 19.3. The zero-order valence-electron chi connectivity index (χ0n) is 16.7. The topological polar surface area (TPSA) is 74.9 Å². The second-order valence-corrected chi connectivity index (χ2v) is 10.3. The normalized spacial score (nSPS) is 21.2. The van der Waals surface area contributed by atoms with Gasteiger partial charge < -0.3 is 14.6 Å². The third-order valence-electron chi connectivity index (χ3n) is 5.57. The minimum atomic E-state index is -3.06. The van der Waals surface area contributed by atoms with E-state index in [4.69, 9.17) is 9.41 Å². The van der Waals surface area contributed by atoms with E-state index in [9.17, 15) is 8.42 Å². The molecule has 0 amide bonds. The van der Waals surface area contributed by atoms with Crippen LogP contribution < -0.4 is 5.32 Å². The number of nitrogens with zero attached hydrogens (tertiary/aromatic N) is 2. The van der Waals surface area contributed by atoms with Crippen LogP contribution in [0.2, 0.25) is 0 Å². The molecule has 1 N–H and O–H groups in total. The van der Waals surface area contributed by atoms with Crippen LogP contribution in [-0.2, 0) is 16.3 Å². The fourth-order valence-corrected chi connectivity index (χ4v) is 6.20. The summed E-state index contributed by atoms with van der Waals surface area (Å²) < 4.78 is 30.5. The molecule has 0 unspecified atom stereocenters. The van der Waals surface area contributed by atoms with Gasteiger partial charge in [0.05, 0.1) is 23.3 Å². The van der Waals surface area contributed by atoms with Crippen molar-refractivity contribution in [1.29, 1.82) is 0 Å². The van der Waals surface area contributed by atoms with Crippen molar-refractivity contribution in [2.75, 3.05) is 31.9 Å². The molecule has 1 saturated carbocycles. The molecule has 6 nitrogen and oxygen atoms in total. The number of hydrogen-bond donors (Lipinski definition) is 1. The molecule has 158 valence electrons. The van der Waals surface area contributed by atoms with E-state index in [2.05, 4.69) is 16.8 Å². The highest BCUT2D eigenvalue weighted by Gasteiger charge is 2.48. The van der Waals surface area contributed by atoms with E-state index in [0.717, 1.165) is 55.8 Å². The lowest BCUT2D eigenvalue weighted by Gasteiger charge is -2.45. The van der Waals surface area contributed by atoms with Crippen molar-refractivity contribution < 1.29 is 12.8 Å². The van der Waals surface area contributed by atoms with Gasteiger partial charge in [0, 0.05) is 26.1 Å². The third kappa shape index (κ3) is 5.52. The van der Waals surface area contributed by atoms with Crippen molar-refractivity contribution in [2.45, 2.75) is 50.2 Å². The van der Waals surface area contributed by atoms with Crippen LogP contribution in [0.3, 0.4) is 0 Å². The van der Waals surface area contributed by atoms with Crippen LogP contribution in [0.4, 0.5) is 0 Å². The van der Waals surface area contributed by atoms with E-state index >= 15 is 0 Å². The summed E-state index contributed by atoms with van der Waals surface area (Å²) in [6, 6.07) is 3.84. The van der Waals surface area contributed by atoms with E-state index < -0.39 is 14.6 Å². The molecular formula is C20H32IN3O3S. The highest BCUT2D eigenvalue weighted by Crippen LogP contribution is 2.38. The summed E-state index contributed by atoms with van der Waals surface area (Å²) in [5.41, 5.74) is 0.984. The minimum Gasteiger partial charge on any atom is -0.469 e. The van der Waals surface area contributed by atoms with Gasteiger partial charge in [-0.2, -0.15) is 0 Å². The predicted octanol–water partition coefficient (Wildman–Crippen LogP) is 3.40. The van der Waals surface area contributed by atoms with E-state index in [1.165, 1.54) is 0 Å². The summed E-state index contributed by atoms with van der Waals surface area (Å²) in [5.74, 6) is 1.91. The first kappa shape index (κ1) is 23.3. The molecular weight excluding hydrogens is 489 g/mol. The molecule has 2 heterocycles. The summed E-state index contributed by atoms with van der Waals surface area (Å²) in [6.45, 7) is 8.15. The lowest BCUT2D eigenvalue weighted by Crippen LogP contribution is -2.60. The molecule has 1 aromatic heterocycles. The lowest BCUT2D eigenvalue weighted by molar-refractivity contribution is 0.274. The molecule has 0 radical (unpaired) electrons. The Labute approximate surface area is 185 Å². The molecule has 1 spiro atoms. The van der Waals surface area contributed by atoms with Gasteiger partial charge in [-0.25, -0.2) is 13.4 Å². The maximum atomic E-state index is 12.8. The summed E-state index contributed by atoms with van der Waals surface area (Å²) >= 11 is 0. The average Bonchev–Trinajstić information content (AvgIpc) is 3.15. The standard InChI is InChI=1S/C20H31N3O3S.HI/c1-17(2)15-22-19(21-11-8-18-7-6-13-26-18)23-12-14-27(24,25)20(16-23)9-4-3-5-10-20;/h6-7,13H,1,3-5,8-12,14-16H2,2H3,(H,21,22);1H. The molecule has 1 aromatic rings. The Kier molecular flexibility index (Phi) is 8.42. The van der Waals surface area contributed by atoms with Crippen LogP contribution >= 0.6 is 24.0 Å². The lowest BCUT2D eigenvalue weighted by atomic mass is 9.87. The molecule has 28 heavy (non-hydrogen) atoms. The number of furan rings is 1. The summed E-state index contributed by atoms with van der Waals surface area (Å²) in [4.78, 5) is 6.83. The van der Waals surface area contributed by atoms with Gasteiger partial charge in [0.2, 0.25) is 0 Å². The predicted molar refractivity (Wildman–Crippen MR) is 124 cm³/mol. The van der Waals surface area contributed by atoms with Gasteiger partial charge in [-0.05, 0) is 31.9 Å². The molecule has 2 fully saturated rings. The third-order valence-corrected chi connectivity index (χ3v) is 8.14. The quantitative estimate of drug-likeness (QED) is 0.278. The molecule has 8 heteroatoms. The maximum absolute atomic E-state index is 12.8. The van der Waals surface area contributed by atoms with E-state index in [1.807, 2.05) is 19.1 Å². The van der Waals surface area contributed by atoms with E-state index in [0.29, 0.717) is 26.2 Å². The van der Waals surface area contributed by atoms with Crippen molar-refractivity contribution in [3.63, 3.8) is 0 Å². The molecule has 2 aliphatic rings. The number of sulfone groups is 1. The van der Waals surface area contributed by atoms with Crippen LogP contribution in [0, 0.1) is 0 Å². The molecule has 1 aliphatic heterocycles. The number of guanidine groups is 1. The van der Waals surface area contributed by atoms with Crippen LogP contribution in [0.5, 0.6) is 0 Å². The fraction of sp³-hybridized carbons (Fsp3) is 0.650. The van der Waals surface area contributed by atoms with Crippen molar-refractivity contribution in [2.24, 2.45) is 4.99 Å². The second-order valence-electron chi connectivity index (χ2n) is 7.84. The van der Waals surface area contributed by atoms with Crippen LogP contribution in [0.1, 0.15) is 44.8 Å². The first-order valence-electron chi connectivity index (χ1n) is 9.84. The summed E-state index contributed by atoms with van der Waals surface area (Å²) in [6.07, 6.45) is 7.10. The average molecular weight is 521 g/mol. The Morgan fingerprint density at radius 1 is 1.36 bits per heavy atom. The summed E-state index contributed by atoms with van der Waals surface area (Å²) in [5, 5.41) is 3.41. The van der Waals surface area contributed by atoms with Gasteiger partial charge in [-0.3, -0.25) is 0 Å². The van der Waals surface area contributed by atoms with Gasteiger partial charge in [-0.1, -0.05) is 31.4 Å². The largest absolute Gasteiger partial charge is 0.469 e. The van der Waals surface area contributed by atoms with Gasteiger partial charge in [0.15, 0.2) is 15.8 Å². The Bertz CT molecular complexity index is 769. The molecule has 1 saturated heterocycles. The van der Waals surface area contributed by atoms with Gasteiger partial charge >= 0.3 is 0 Å². The first-order valence-corrected chi connectivity index (χ1v) is 11.5. The van der Waals surface area contributed by atoms with Crippen LogP contribution in [0.15, 0.2) is 40.0 Å². The van der Waals surface area contributed by atoms with Crippen LogP contribution in [0.25, 0.3) is 0 Å². The molecule has 0 aromatic carbocycles. The number of hydrogen-bond acceptors (Lipinski definition) is 4. The van der Waals surface area contributed by atoms with Crippen molar-refractivity contribution in [3.8, 4) is 0 Å². The van der Waals surface area contributed by atoms with Gasteiger partial charge in [0.1, 0.15) is 5.76 Å². The molecule has 3 rings (SSSR count). The van der Waals surface area contributed by atoms with Crippen LogP contribution in [-0.4, -0.2) is 56.0 Å². The Hall–Kier alpha value is -1.03. The van der Waals surface area contributed by atoms with Crippen molar-refractivity contribution in [3.05, 3.63) is 36.3 Å². The minimum absolute atomic E-state index is 0. The number of nitrogens with one attached hydrogen (secondary N) is 1. The fourth-order valence-electron chi connectivity index (χ4n) is 4.05. The monoisotopic (exact) mass is 521 g/mol. The van der Waals surface area contributed by atoms with Gasteiger partial charge in [-0.15, -0.1) is 24.0 Å². The number of rotatable bonds is 5. The Morgan fingerprint density at radius 3 is 2.75 bits per heavy atom. The maximum Gasteiger partial charge on any atom is 0.194 e. The highest BCUT2D eigenvalue weighted by molar-refractivity contribution is 14.0. The Balaban J connectivity index is 0.00000280. The SMILES string of the molecule is C=C(C)CN=C(NCCc1ccco1)N1CCS(=O)(=O)C2(CCCCC2)C1.I. The molecule has 1 aliphatic carbocycles. The smallest absolute Gasteiger partial charge is 0.194 e. The van der Waals surface area contributed by atoms with Gasteiger partial charge in [0.25, 0.3) is 0 Å². The van der Waals surface area contributed by atoms with Crippen molar-refractivity contribution >= 4 is 39.8 Å². The number of halogens is 1. The number of aliphatic imine (C=N–C) groups is 1. The van der Waals surface area contributed by atoms with Crippen molar-refractivity contribution in [1.82, 2.24) is 10.2 Å². The van der Waals surface area contributed by atoms with E-state index in [-0.39, 0.29) is 29.7 Å². The summed E-state index contributed by atoms with van der Waals surface area (Å²) in [7, 11) is -3.06. The molecule has 0 atom stereocenters. The zero-order valence-corrected chi connectivity index (χ0v) is 19.8. The van der Waals surface area contributed by atoms with E-state index in [1.54, 1.807) is 6.26 Å². The highest BCUT2D eigenvalue weighted by atomic mass is 127. The first-order chi connectivity index (χ1) is 12.9. The second kappa shape index (κ2) is 10.1.